The molecule has 1 aliphatic rings. The third-order valence-electron chi connectivity index (χ3n) is 7.81. The molecular weight excluding hydrogens is 601 g/mol. The Hall–Kier alpha value is -4.71. The predicted octanol–water partition coefficient (Wildman–Crippen LogP) is 7.72. The summed E-state index contributed by atoms with van der Waals surface area (Å²) in [7, 11) is 0. The molecule has 2 heterocycles. The first-order valence-corrected chi connectivity index (χ1v) is 15.3. The first kappa shape index (κ1) is 30.3. The zero-order valence-corrected chi connectivity index (χ0v) is 25.9. The number of rotatable bonds is 7. The molecule has 0 radical (unpaired) electrons. The summed E-state index contributed by atoms with van der Waals surface area (Å²) in [4.78, 5) is 22.7. The normalized spacial score (nSPS) is 14.5. The minimum Gasteiger partial charge on any atom is -0.406 e. The second-order valence-corrected chi connectivity index (χ2v) is 12.2. The summed E-state index contributed by atoms with van der Waals surface area (Å²) >= 11 is 1.44. The fraction of sp³-hybridized carbons (Fsp3) is 0.273. The highest BCUT2D eigenvalue weighted by atomic mass is 32.1. The van der Waals surface area contributed by atoms with Gasteiger partial charge in [-0.15, -0.1) is 29.6 Å². The third-order valence-corrected chi connectivity index (χ3v) is 8.76. The highest BCUT2D eigenvalue weighted by Gasteiger charge is 2.45. The van der Waals surface area contributed by atoms with Crippen LogP contribution in [0.3, 0.4) is 0 Å². The molecular formula is C33H31F3N6O2S. The number of alkyl halides is 3. The number of hydrogen-bond acceptors (Lipinski definition) is 5. The van der Waals surface area contributed by atoms with E-state index in [-0.39, 0.29) is 5.75 Å². The van der Waals surface area contributed by atoms with Gasteiger partial charge in [0.15, 0.2) is 10.6 Å². The molecule has 45 heavy (non-hydrogen) atoms. The Kier molecular flexibility index (Phi) is 7.86. The van der Waals surface area contributed by atoms with Crippen LogP contribution in [0.25, 0.3) is 22.8 Å². The molecule has 0 aliphatic heterocycles. The average Bonchev–Trinajstić information content (AvgIpc) is 3.42. The minimum absolute atomic E-state index is 0.310. The number of aryl methyl sites for hydroxylation is 2. The van der Waals surface area contributed by atoms with Crippen LogP contribution in [0.4, 0.5) is 18.0 Å². The Balaban J connectivity index is 1.18. The fourth-order valence-electron chi connectivity index (χ4n) is 5.56. The molecule has 232 valence electrons. The van der Waals surface area contributed by atoms with E-state index in [9.17, 15) is 18.0 Å². The maximum Gasteiger partial charge on any atom is 0.573 e. The number of carbonyl (C=O) groups is 1. The molecule has 0 saturated heterocycles. The van der Waals surface area contributed by atoms with Gasteiger partial charge in [-0.05, 0) is 79.6 Å². The number of halogens is 3. The van der Waals surface area contributed by atoms with Crippen molar-refractivity contribution in [3.63, 3.8) is 0 Å². The molecule has 0 unspecified atom stereocenters. The molecule has 2 amide bonds. The molecule has 1 fully saturated rings. The first-order valence-electron chi connectivity index (χ1n) is 14.5. The number of thiazole rings is 1. The van der Waals surface area contributed by atoms with Gasteiger partial charge < -0.3 is 10.1 Å². The van der Waals surface area contributed by atoms with Crippen molar-refractivity contribution in [1.82, 2.24) is 24.6 Å². The van der Waals surface area contributed by atoms with E-state index in [1.165, 1.54) is 57.7 Å². The summed E-state index contributed by atoms with van der Waals surface area (Å²) in [6, 6.07) is 18.9. The maximum absolute atomic E-state index is 13.3. The standard InChI is InChI=1S/C33H31F3N6O2S/c1-20(2)28-21(3)6-5-7-27(28)42-22(4)18-45-31(42)38-30(43)39-32(16-17-32)24-10-8-23(9-11-24)29-37-19-41(40-29)25-12-14-26(15-13-25)44-33(34,35)36/h5-15,18-20H,16-17H2,1-4H3,(H,39,43)/b38-31-. The van der Waals surface area contributed by atoms with Crippen molar-refractivity contribution < 1.29 is 22.7 Å². The lowest BCUT2D eigenvalue weighted by Gasteiger charge is -2.18. The quantitative estimate of drug-likeness (QED) is 0.199. The van der Waals surface area contributed by atoms with Crippen LogP contribution in [-0.4, -0.2) is 31.7 Å². The smallest absolute Gasteiger partial charge is 0.406 e. The van der Waals surface area contributed by atoms with E-state index >= 15 is 0 Å². The topological polar surface area (TPSA) is 86.3 Å². The maximum atomic E-state index is 13.3. The Bertz CT molecular complexity index is 1920. The molecule has 1 aliphatic carbocycles. The van der Waals surface area contributed by atoms with Crippen molar-refractivity contribution in [1.29, 1.82) is 0 Å². The molecule has 1 N–H and O–H groups in total. The average molecular weight is 633 g/mol. The van der Waals surface area contributed by atoms with Gasteiger partial charge in [0.25, 0.3) is 0 Å². The van der Waals surface area contributed by atoms with Gasteiger partial charge in [0.05, 0.1) is 16.9 Å². The number of carbonyl (C=O) groups excluding carboxylic acids is 1. The Labute approximate surface area is 261 Å². The van der Waals surface area contributed by atoms with E-state index in [1.54, 1.807) is 0 Å². The number of urea groups is 1. The zero-order valence-electron chi connectivity index (χ0n) is 25.1. The first-order chi connectivity index (χ1) is 21.4. The summed E-state index contributed by atoms with van der Waals surface area (Å²) in [6.07, 6.45) is -1.66. The summed E-state index contributed by atoms with van der Waals surface area (Å²) in [5, 5.41) is 9.63. The number of nitrogens with zero attached hydrogens (tertiary/aromatic N) is 5. The van der Waals surface area contributed by atoms with E-state index in [0.717, 1.165) is 35.3 Å². The van der Waals surface area contributed by atoms with Crippen molar-refractivity contribution in [3.8, 4) is 28.5 Å². The van der Waals surface area contributed by atoms with Gasteiger partial charge in [0.2, 0.25) is 0 Å². The summed E-state index contributed by atoms with van der Waals surface area (Å²) in [5.74, 6) is 0.451. The molecule has 2 aromatic heterocycles. The van der Waals surface area contributed by atoms with E-state index < -0.39 is 17.9 Å². The van der Waals surface area contributed by atoms with Crippen LogP contribution in [0, 0.1) is 13.8 Å². The number of hydrogen-bond donors (Lipinski definition) is 1. The van der Waals surface area contributed by atoms with Crippen LogP contribution in [0.1, 0.15) is 55.0 Å². The molecule has 0 atom stereocenters. The number of nitrogens with one attached hydrogen (secondary N) is 1. The van der Waals surface area contributed by atoms with E-state index in [2.05, 4.69) is 62.6 Å². The van der Waals surface area contributed by atoms with E-state index in [4.69, 9.17) is 0 Å². The summed E-state index contributed by atoms with van der Waals surface area (Å²) in [5.41, 5.74) is 6.25. The highest BCUT2D eigenvalue weighted by molar-refractivity contribution is 7.07. The molecule has 0 bridgehead atoms. The molecule has 0 spiro atoms. The van der Waals surface area contributed by atoms with Crippen LogP contribution in [0.5, 0.6) is 5.75 Å². The van der Waals surface area contributed by atoms with Gasteiger partial charge in [-0.25, -0.2) is 14.5 Å². The molecule has 12 heteroatoms. The van der Waals surface area contributed by atoms with Crippen molar-refractivity contribution in [2.45, 2.75) is 58.4 Å². The Morgan fingerprint density at radius 3 is 2.40 bits per heavy atom. The third kappa shape index (κ3) is 6.41. The van der Waals surface area contributed by atoms with Gasteiger partial charge in [0, 0.05) is 16.6 Å². The second-order valence-electron chi connectivity index (χ2n) is 11.4. The van der Waals surface area contributed by atoms with Crippen molar-refractivity contribution in [3.05, 3.63) is 106 Å². The molecule has 1 saturated carbocycles. The monoisotopic (exact) mass is 632 g/mol. The molecule has 5 aromatic rings. The summed E-state index contributed by atoms with van der Waals surface area (Å²) in [6.45, 7) is 8.46. The number of benzene rings is 3. The number of amides is 2. The van der Waals surface area contributed by atoms with Gasteiger partial charge >= 0.3 is 12.4 Å². The van der Waals surface area contributed by atoms with Gasteiger partial charge in [-0.3, -0.25) is 4.57 Å². The predicted molar refractivity (Wildman–Crippen MR) is 166 cm³/mol. The van der Waals surface area contributed by atoms with Crippen molar-refractivity contribution in [2.75, 3.05) is 0 Å². The van der Waals surface area contributed by atoms with Gasteiger partial charge in [0.1, 0.15) is 12.1 Å². The fourth-order valence-corrected chi connectivity index (χ4v) is 6.43. The van der Waals surface area contributed by atoms with Crippen molar-refractivity contribution >= 4 is 17.4 Å². The minimum atomic E-state index is -4.75. The van der Waals surface area contributed by atoms with Crippen LogP contribution in [-0.2, 0) is 5.54 Å². The Morgan fingerprint density at radius 1 is 1.04 bits per heavy atom. The Morgan fingerprint density at radius 2 is 1.76 bits per heavy atom. The second kappa shape index (κ2) is 11.7. The van der Waals surface area contributed by atoms with Gasteiger partial charge in [-0.2, -0.15) is 4.99 Å². The van der Waals surface area contributed by atoms with E-state index in [0.29, 0.717) is 22.2 Å². The van der Waals surface area contributed by atoms with E-state index in [1.807, 2.05) is 42.6 Å². The van der Waals surface area contributed by atoms with Crippen LogP contribution >= 0.6 is 11.3 Å². The number of aromatic nitrogens is 4. The lowest BCUT2D eigenvalue weighted by Crippen LogP contribution is -2.34. The van der Waals surface area contributed by atoms with Crippen LogP contribution in [0.15, 0.2) is 83.4 Å². The highest BCUT2D eigenvalue weighted by Crippen LogP contribution is 2.46. The van der Waals surface area contributed by atoms with Crippen LogP contribution < -0.4 is 14.9 Å². The lowest BCUT2D eigenvalue weighted by atomic mass is 9.96. The molecule has 8 nitrogen and oxygen atoms in total. The largest absolute Gasteiger partial charge is 0.573 e. The van der Waals surface area contributed by atoms with Gasteiger partial charge in [-0.1, -0.05) is 50.2 Å². The number of ether oxygens (including phenoxy) is 1. The lowest BCUT2D eigenvalue weighted by molar-refractivity contribution is -0.274. The summed E-state index contributed by atoms with van der Waals surface area (Å²) < 4.78 is 44.8. The molecule has 3 aromatic carbocycles. The SMILES string of the molecule is Cc1cccc(-n2c(C)cs/c2=N\C(=O)NC2(c3ccc(-c4ncn(-c5ccc(OC(F)(F)F)cc5)n4)cc3)CC2)c1C(C)C. The van der Waals surface area contributed by atoms with Crippen LogP contribution in [0.2, 0.25) is 0 Å². The van der Waals surface area contributed by atoms with Crippen molar-refractivity contribution in [2.24, 2.45) is 4.99 Å². The zero-order chi connectivity index (χ0) is 31.9. The molecule has 6 rings (SSSR count).